The van der Waals surface area contributed by atoms with Gasteiger partial charge in [-0.25, -0.2) is 4.98 Å². The molecule has 0 radical (unpaired) electrons. The van der Waals surface area contributed by atoms with Crippen LogP contribution in [-0.2, 0) is 30.7 Å². The Morgan fingerprint density at radius 2 is 2.05 bits per heavy atom. The highest BCUT2D eigenvalue weighted by molar-refractivity contribution is 7.92. The summed E-state index contributed by atoms with van der Waals surface area (Å²) in [5, 5.41) is 3.99. The normalized spacial score (nSPS) is 11.8. The van der Waals surface area contributed by atoms with Crippen LogP contribution in [0.25, 0.3) is 0 Å². The van der Waals surface area contributed by atoms with E-state index in [4.69, 9.17) is 5.73 Å². The maximum atomic E-state index is 12.2. The van der Waals surface area contributed by atoms with Gasteiger partial charge in [0.2, 0.25) is 0 Å². The van der Waals surface area contributed by atoms with E-state index in [-0.39, 0.29) is 17.4 Å². The lowest BCUT2D eigenvalue weighted by Crippen LogP contribution is -2.15. The van der Waals surface area contributed by atoms with Crippen LogP contribution >= 0.6 is 0 Å². The Morgan fingerprint density at radius 1 is 1.37 bits per heavy atom. The lowest BCUT2D eigenvalue weighted by atomic mass is 10.3. The number of aryl methyl sites for hydroxylation is 3. The van der Waals surface area contributed by atoms with Crippen molar-refractivity contribution in [3.05, 3.63) is 23.8 Å². The Hall–Kier alpha value is -1.87. The van der Waals surface area contributed by atoms with E-state index in [1.165, 1.54) is 10.9 Å². The highest BCUT2D eigenvalue weighted by atomic mass is 32.2. The van der Waals surface area contributed by atoms with Crippen LogP contribution < -0.4 is 10.5 Å². The molecule has 2 aromatic heterocycles. The van der Waals surface area contributed by atoms with E-state index in [1.807, 2.05) is 0 Å². The van der Waals surface area contributed by atoms with Crippen LogP contribution in [0.2, 0.25) is 0 Å². The van der Waals surface area contributed by atoms with Gasteiger partial charge in [0.25, 0.3) is 10.0 Å². The molecule has 2 heterocycles. The first-order valence-electron chi connectivity index (χ1n) is 5.59. The molecule has 0 unspecified atom stereocenters. The lowest BCUT2D eigenvalue weighted by Gasteiger charge is -2.03. The fourth-order valence-electron chi connectivity index (χ4n) is 1.61. The molecule has 0 aliphatic heterocycles. The number of nitrogens with two attached hydrogens (primary N) is 1. The first-order chi connectivity index (χ1) is 8.83. The summed E-state index contributed by atoms with van der Waals surface area (Å²) in [5.74, 6) is 0.841. The molecule has 0 saturated carbocycles. The van der Waals surface area contributed by atoms with Gasteiger partial charge in [0.05, 0.1) is 0 Å². The van der Waals surface area contributed by atoms with Gasteiger partial charge >= 0.3 is 0 Å². The molecule has 8 nitrogen and oxygen atoms in total. The molecule has 0 aliphatic carbocycles. The van der Waals surface area contributed by atoms with Crippen LogP contribution in [0.5, 0.6) is 0 Å². The molecule has 0 aliphatic rings. The molecule has 3 N–H and O–H groups in total. The first-order valence-corrected chi connectivity index (χ1v) is 7.07. The van der Waals surface area contributed by atoms with Crippen molar-refractivity contribution in [3.63, 3.8) is 0 Å². The molecule has 19 heavy (non-hydrogen) atoms. The summed E-state index contributed by atoms with van der Waals surface area (Å²) in [5.41, 5.74) is 6.17. The lowest BCUT2D eigenvalue weighted by molar-refractivity contribution is 0.597. The number of imidazole rings is 1. The highest BCUT2D eigenvalue weighted by Gasteiger charge is 2.21. The van der Waals surface area contributed by atoms with Gasteiger partial charge in [-0.2, -0.15) is 13.5 Å². The molecule has 0 atom stereocenters. The molecule has 0 amide bonds. The third-order valence-electron chi connectivity index (χ3n) is 2.72. The molecule has 0 saturated heterocycles. The minimum Gasteiger partial charge on any atom is -0.337 e. The summed E-state index contributed by atoms with van der Waals surface area (Å²) in [6, 6.07) is 0. The Morgan fingerprint density at radius 3 is 2.58 bits per heavy atom. The zero-order chi connectivity index (χ0) is 14.2. The summed E-state index contributed by atoms with van der Waals surface area (Å²) in [6.45, 7) is 1.93. The van der Waals surface area contributed by atoms with E-state index in [2.05, 4.69) is 14.8 Å². The van der Waals surface area contributed by atoms with Crippen molar-refractivity contribution < 1.29 is 8.42 Å². The third kappa shape index (κ3) is 2.61. The van der Waals surface area contributed by atoms with E-state index in [9.17, 15) is 8.42 Å². The first kappa shape index (κ1) is 13.6. The maximum absolute atomic E-state index is 12.2. The minimum absolute atomic E-state index is 0.0406. The van der Waals surface area contributed by atoms with E-state index in [1.54, 1.807) is 31.8 Å². The van der Waals surface area contributed by atoms with Crippen LogP contribution in [0.15, 0.2) is 17.4 Å². The van der Waals surface area contributed by atoms with E-state index < -0.39 is 10.0 Å². The van der Waals surface area contributed by atoms with Gasteiger partial charge in [0.1, 0.15) is 5.82 Å². The average Bonchev–Trinajstić information content (AvgIpc) is 2.83. The quantitative estimate of drug-likeness (QED) is 0.803. The number of nitrogens with one attached hydrogen (secondary N) is 1. The Kier molecular flexibility index (Phi) is 3.33. The Balaban J connectivity index is 2.36. The van der Waals surface area contributed by atoms with Crippen molar-refractivity contribution in [1.82, 2.24) is 19.3 Å². The van der Waals surface area contributed by atoms with Crippen LogP contribution in [0.1, 0.15) is 11.4 Å². The second kappa shape index (κ2) is 4.67. The van der Waals surface area contributed by atoms with E-state index in [0.717, 1.165) is 0 Å². The van der Waals surface area contributed by atoms with Crippen LogP contribution in [0.4, 0.5) is 5.82 Å². The van der Waals surface area contributed by atoms with E-state index in [0.29, 0.717) is 11.4 Å². The summed E-state index contributed by atoms with van der Waals surface area (Å²) in [7, 11) is -0.322. The molecule has 0 spiro atoms. The van der Waals surface area contributed by atoms with Gasteiger partial charge < -0.3 is 10.3 Å². The van der Waals surface area contributed by atoms with Gasteiger partial charge in [-0.3, -0.25) is 9.40 Å². The summed E-state index contributed by atoms with van der Waals surface area (Å²) < 4.78 is 29.9. The molecule has 0 bridgehead atoms. The largest absolute Gasteiger partial charge is 0.337 e. The fraction of sp³-hybridized carbons (Fsp3) is 0.400. The van der Waals surface area contributed by atoms with Gasteiger partial charge in [-0.15, -0.1) is 0 Å². The third-order valence-corrected chi connectivity index (χ3v) is 3.93. The molecule has 0 aromatic carbocycles. The number of anilines is 1. The zero-order valence-electron chi connectivity index (χ0n) is 11.0. The predicted molar refractivity (Wildman–Crippen MR) is 69.9 cm³/mol. The minimum atomic E-state index is -3.75. The van der Waals surface area contributed by atoms with Gasteiger partial charge in [-0.1, -0.05) is 0 Å². The topological polar surface area (TPSA) is 108 Å². The SMILES string of the molecule is Cc1nc(S(=O)(=O)Nc2nn(C)cc2CN)cn1C. The smallest absolute Gasteiger partial charge is 0.282 e. The molecule has 0 fully saturated rings. The zero-order valence-corrected chi connectivity index (χ0v) is 11.8. The molecule has 2 aromatic rings. The predicted octanol–water partition coefficient (Wildman–Crippen LogP) is -0.278. The van der Waals surface area contributed by atoms with Crippen molar-refractivity contribution in [2.24, 2.45) is 19.8 Å². The summed E-state index contributed by atoms with van der Waals surface area (Å²) >= 11 is 0. The molecular formula is C10H16N6O2S. The number of aromatic nitrogens is 4. The number of hydrogen-bond acceptors (Lipinski definition) is 5. The van der Waals surface area contributed by atoms with Crippen molar-refractivity contribution in [3.8, 4) is 0 Å². The van der Waals surface area contributed by atoms with Crippen LogP contribution in [0, 0.1) is 6.92 Å². The van der Waals surface area contributed by atoms with Gasteiger partial charge in [0.15, 0.2) is 10.8 Å². The number of sulfonamides is 1. The second-order valence-corrected chi connectivity index (χ2v) is 5.85. The summed E-state index contributed by atoms with van der Waals surface area (Å²) in [6.07, 6.45) is 3.12. The van der Waals surface area contributed by atoms with Gasteiger partial charge in [0, 0.05) is 38.6 Å². The van der Waals surface area contributed by atoms with E-state index >= 15 is 0 Å². The molecule has 9 heteroatoms. The fourth-order valence-corrected chi connectivity index (χ4v) is 2.69. The van der Waals surface area contributed by atoms with Crippen LogP contribution in [-0.4, -0.2) is 27.7 Å². The number of hydrogen-bond donors (Lipinski definition) is 2. The number of rotatable bonds is 4. The van der Waals surface area contributed by atoms with Gasteiger partial charge in [-0.05, 0) is 6.92 Å². The van der Waals surface area contributed by atoms with Crippen molar-refractivity contribution >= 4 is 15.8 Å². The summed E-state index contributed by atoms with van der Waals surface area (Å²) in [4.78, 5) is 3.99. The molecular weight excluding hydrogens is 268 g/mol. The van der Waals surface area contributed by atoms with Crippen molar-refractivity contribution in [1.29, 1.82) is 0 Å². The van der Waals surface area contributed by atoms with Crippen LogP contribution in [0.3, 0.4) is 0 Å². The number of nitrogens with zero attached hydrogens (tertiary/aromatic N) is 4. The maximum Gasteiger partial charge on any atom is 0.282 e. The Bertz CT molecular complexity index is 680. The van der Waals surface area contributed by atoms with Crippen molar-refractivity contribution in [2.45, 2.75) is 18.5 Å². The monoisotopic (exact) mass is 284 g/mol. The molecule has 104 valence electrons. The second-order valence-electron chi connectivity index (χ2n) is 4.22. The average molecular weight is 284 g/mol. The molecule has 2 rings (SSSR count). The Labute approximate surface area is 111 Å². The van der Waals surface area contributed by atoms with Crippen molar-refractivity contribution in [2.75, 3.05) is 4.72 Å². The standard InChI is InChI=1S/C10H16N6O2S/c1-7-12-9(6-15(7)2)19(17,18)14-10-8(4-11)5-16(3)13-10/h5-6H,4,11H2,1-3H3,(H,13,14). The highest BCUT2D eigenvalue weighted by Crippen LogP contribution is 2.17.